The van der Waals surface area contributed by atoms with Gasteiger partial charge in [0.1, 0.15) is 5.78 Å². The normalized spacial score (nSPS) is 17.6. The van der Waals surface area contributed by atoms with Crippen LogP contribution in [0.15, 0.2) is 12.1 Å². The second-order valence-electron chi connectivity index (χ2n) is 5.74. The fourth-order valence-corrected chi connectivity index (χ4v) is 2.80. The van der Waals surface area contributed by atoms with Crippen LogP contribution < -0.4 is 14.4 Å². The molecule has 0 radical (unpaired) electrons. The van der Waals surface area contributed by atoms with E-state index in [0.29, 0.717) is 18.3 Å². The summed E-state index contributed by atoms with van der Waals surface area (Å²) in [6, 6.07) is 4.38. The lowest BCUT2D eigenvalue weighted by molar-refractivity contribution is -0.115. The fraction of sp³-hybridized carbons (Fsp3) is 0.562. The molecule has 0 bridgehead atoms. The van der Waals surface area contributed by atoms with Gasteiger partial charge >= 0.3 is 0 Å². The number of carbonyl (C=O) groups excluding carboxylic acids is 1. The summed E-state index contributed by atoms with van der Waals surface area (Å²) in [5.41, 5.74) is 2.26. The second kappa shape index (κ2) is 6.35. The maximum absolute atomic E-state index is 11.6. The van der Waals surface area contributed by atoms with E-state index < -0.39 is 0 Å². The summed E-state index contributed by atoms with van der Waals surface area (Å²) in [6.45, 7) is 2.89. The van der Waals surface area contributed by atoms with E-state index in [4.69, 9.17) is 9.47 Å². The van der Waals surface area contributed by atoms with Crippen molar-refractivity contribution < 1.29 is 14.3 Å². The number of likely N-dealkylation sites (N-methyl/N-ethyl adjacent to an activating group) is 1. The molecule has 1 aromatic carbocycles. The zero-order valence-electron chi connectivity index (χ0n) is 13.5. The third-order valence-corrected chi connectivity index (χ3v) is 3.96. The molecule has 0 spiro atoms. The number of ketones is 1. The molecule has 1 aliphatic rings. The van der Waals surface area contributed by atoms with E-state index in [0.717, 1.165) is 24.4 Å². The molecule has 0 amide bonds. The minimum absolute atomic E-state index is 0.162. The van der Waals surface area contributed by atoms with Gasteiger partial charge in [-0.1, -0.05) is 0 Å². The predicted molar refractivity (Wildman–Crippen MR) is 83.6 cm³/mol. The van der Waals surface area contributed by atoms with Crippen LogP contribution in [0.2, 0.25) is 0 Å². The van der Waals surface area contributed by atoms with Gasteiger partial charge in [0, 0.05) is 24.3 Å². The summed E-state index contributed by atoms with van der Waals surface area (Å²) in [4.78, 5) is 15.9. The van der Waals surface area contributed by atoms with Crippen molar-refractivity contribution in [3.63, 3.8) is 0 Å². The first kappa shape index (κ1) is 15.6. The van der Waals surface area contributed by atoms with Gasteiger partial charge in [-0.15, -0.1) is 0 Å². The monoisotopic (exact) mass is 292 g/mol. The highest BCUT2D eigenvalue weighted by Crippen LogP contribution is 2.38. The molecule has 21 heavy (non-hydrogen) atoms. The molecule has 1 aliphatic heterocycles. The predicted octanol–water partition coefficient (Wildman–Crippen LogP) is 1.59. The number of benzene rings is 1. The molecular weight excluding hydrogens is 268 g/mol. The fourth-order valence-electron chi connectivity index (χ4n) is 2.80. The van der Waals surface area contributed by atoms with Crippen LogP contribution in [0.3, 0.4) is 0 Å². The molecule has 1 heterocycles. The van der Waals surface area contributed by atoms with Crippen molar-refractivity contribution >= 4 is 11.5 Å². The molecule has 5 nitrogen and oxygen atoms in total. The molecule has 0 unspecified atom stereocenters. The standard InChI is InChI=1S/C16H24N2O3/c1-11(19)9-18-10-13(17(2)3)6-12-7-15(20-4)16(21-5)8-14(12)18/h7-8,13H,6,9-10H2,1-5H3/t13-/m0/s1. The lowest BCUT2D eigenvalue weighted by atomic mass is 9.96. The van der Waals surface area contributed by atoms with Gasteiger partial charge < -0.3 is 19.3 Å². The first-order chi connectivity index (χ1) is 9.96. The van der Waals surface area contributed by atoms with Crippen molar-refractivity contribution in [3.8, 4) is 11.5 Å². The smallest absolute Gasteiger partial charge is 0.162 e. The van der Waals surface area contributed by atoms with E-state index >= 15 is 0 Å². The largest absolute Gasteiger partial charge is 0.493 e. The van der Waals surface area contributed by atoms with Crippen molar-refractivity contribution in [3.05, 3.63) is 17.7 Å². The average molecular weight is 292 g/mol. The maximum atomic E-state index is 11.6. The van der Waals surface area contributed by atoms with Crippen LogP contribution in [0.25, 0.3) is 0 Å². The Morgan fingerprint density at radius 3 is 2.43 bits per heavy atom. The average Bonchev–Trinajstić information content (AvgIpc) is 2.44. The Kier molecular flexibility index (Phi) is 4.73. The van der Waals surface area contributed by atoms with Gasteiger partial charge in [-0.3, -0.25) is 4.79 Å². The molecule has 5 heteroatoms. The summed E-state index contributed by atoms with van der Waals surface area (Å²) < 4.78 is 10.8. The number of methoxy groups -OCH3 is 2. The lowest BCUT2D eigenvalue weighted by Gasteiger charge is -2.38. The maximum Gasteiger partial charge on any atom is 0.162 e. The SMILES string of the molecule is COc1cc2c(cc1OC)N(CC(C)=O)C[C@@H](N(C)C)C2. The number of hydrogen-bond acceptors (Lipinski definition) is 5. The first-order valence-corrected chi connectivity index (χ1v) is 7.12. The molecule has 2 rings (SSSR count). The third kappa shape index (κ3) is 3.29. The van der Waals surface area contributed by atoms with Crippen molar-refractivity contribution in [2.24, 2.45) is 0 Å². The van der Waals surface area contributed by atoms with Crippen LogP contribution in [-0.4, -0.2) is 58.1 Å². The number of ether oxygens (including phenoxy) is 2. The Labute approximate surface area is 126 Å². The summed E-state index contributed by atoms with van der Waals surface area (Å²) >= 11 is 0. The minimum atomic E-state index is 0.162. The number of carbonyl (C=O) groups is 1. The second-order valence-corrected chi connectivity index (χ2v) is 5.74. The topological polar surface area (TPSA) is 42.0 Å². The Bertz CT molecular complexity index is 528. The minimum Gasteiger partial charge on any atom is -0.493 e. The number of hydrogen-bond donors (Lipinski definition) is 0. The molecule has 1 atom stereocenters. The summed E-state index contributed by atoms with van der Waals surface area (Å²) in [5.74, 6) is 1.60. The van der Waals surface area contributed by atoms with Crippen LogP contribution in [0.1, 0.15) is 12.5 Å². The van der Waals surface area contributed by atoms with Crippen LogP contribution in [0.4, 0.5) is 5.69 Å². The molecule has 0 N–H and O–H groups in total. The number of anilines is 1. The van der Waals surface area contributed by atoms with Gasteiger partial charge in [0.15, 0.2) is 11.5 Å². The van der Waals surface area contributed by atoms with Crippen molar-refractivity contribution in [1.82, 2.24) is 4.90 Å². The quantitative estimate of drug-likeness (QED) is 0.824. The van der Waals surface area contributed by atoms with E-state index in [-0.39, 0.29) is 5.78 Å². The number of Topliss-reactive ketones (excluding diaryl/α,β-unsaturated/α-hetero) is 1. The third-order valence-electron chi connectivity index (χ3n) is 3.96. The highest BCUT2D eigenvalue weighted by atomic mass is 16.5. The molecule has 1 aromatic rings. The van der Waals surface area contributed by atoms with Gasteiger partial charge in [0.05, 0.1) is 20.8 Å². The number of rotatable bonds is 5. The first-order valence-electron chi connectivity index (χ1n) is 7.12. The van der Waals surface area contributed by atoms with Gasteiger partial charge in [0.25, 0.3) is 0 Å². The Morgan fingerprint density at radius 2 is 1.90 bits per heavy atom. The van der Waals surface area contributed by atoms with E-state index in [9.17, 15) is 4.79 Å². The van der Waals surface area contributed by atoms with Gasteiger partial charge in [-0.05, 0) is 39.1 Å². The van der Waals surface area contributed by atoms with Gasteiger partial charge in [-0.25, -0.2) is 0 Å². The zero-order chi connectivity index (χ0) is 15.6. The number of fused-ring (bicyclic) bond motifs is 1. The van der Waals surface area contributed by atoms with Crippen LogP contribution in [-0.2, 0) is 11.2 Å². The van der Waals surface area contributed by atoms with E-state index in [1.807, 2.05) is 12.1 Å². The molecule has 0 fully saturated rings. The lowest BCUT2D eigenvalue weighted by Crippen LogP contribution is -2.47. The zero-order valence-corrected chi connectivity index (χ0v) is 13.5. The molecular formula is C16H24N2O3. The van der Waals surface area contributed by atoms with Crippen LogP contribution in [0, 0.1) is 0 Å². The van der Waals surface area contributed by atoms with Gasteiger partial charge in [0.2, 0.25) is 0 Å². The molecule has 116 valence electrons. The van der Waals surface area contributed by atoms with E-state index in [2.05, 4.69) is 23.9 Å². The summed E-state index contributed by atoms with van der Waals surface area (Å²) in [6.07, 6.45) is 0.942. The van der Waals surface area contributed by atoms with Crippen molar-refractivity contribution in [1.29, 1.82) is 0 Å². The number of nitrogens with zero attached hydrogens (tertiary/aromatic N) is 2. The van der Waals surface area contributed by atoms with Crippen molar-refractivity contribution in [2.45, 2.75) is 19.4 Å². The molecule has 0 saturated carbocycles. The summed E-state index contributed by atoms with van der Waals surface area (Å²) in [5, 5.41) is 0. The van der Waals surface area contributed by atoms with E-state index in [1.54, 1.807) is 21.1 Å². The molecule has 0 saturated heterocycles. The Hall–Kier alpha value is -1.75. The highest BCUT2D eigenvalue weighted by Gasteiger charge is 2.28. The summed E-state index contributed by atoms with van der Waals surface area (Å²) in [7, 11) is 7.42. The molecule has 0 aromatic heterocycles. The van der Waals surface area contributed by atoms with Crippen LogP contribution >= 0.6 is 0 Å². The van der Waals surface area contributed by atoms with Crippen LogP contribution in [0.5, 0.6) is 11.5 Å². The Balaban J connectivity index is 2.44. The van der Waals surface area contributed by atoms with Gasteiger partial charge in [-0.2, -0.15) is 0 Å². The van der Waals surface area contributed by atoms with E-state index in [1.165, 1.54) is 5.56 Å². The highest BCUT2D eigenvalue weighted by molar-refractivity contribution is 5.82. The Morgan fingerprint density at radius 1 is 1.29 bits per heavy atom. The van der Waals surface area contributed by atoms with Crippen molar-refractivity contribution in [2.75, 3.05) is 46.3 Å². The molecule has 0 aliphatic carbocycles.